The Kier molecular flexibility index (Phi) is 7.19. The molecule has 2 aromatic rings. The Morgan fingerprint density at radius 2 is 1.78 bits per heavy atom. The summed E-state index contributed by atoms with van der Waals surface area (Å²) in [6.45, 7) is 11.3. The highest BCUT2D eigenvalue weighted by atomic mass is 19.1. The van der Waals surface area contributed by atoms with Crippen molar-refractivity contribution in [3.8, 4) is 0 Å². The van der Waals surface area contributed by atoms with Gasteiger partial charge in [-0.05, 0) is 59.2 Å². The highest BCUT2D eigenvalue weighted by molar-refractivity contribution is 5.63. The second-order valence-corrected chi connectivity index (χ2v) is 7.49. The van der Waals surface area contributed by atoms with Gasteiger partial charge in [0.2, 0.25) is 0 Å². The van der Waals surface area contributed by atoms with Gasteiger partial charge in [0.05, 0.1) is 0 Å². The van der Waals surface area contributed by atoms with Gasteiger partial charge in [-0.15, -0.1) is 0 Å². The van der Waals surface area contributed by atoms with Gasteiger partial charge in [0, 0.05) is 32.7 Å². The van der Waals surface area contributed by atoms with Crippen molar-refractivity contribution in [2.24, 2.45) is 0 Å². The largest absolute Gasteiger partial charge is 0.314 e. The van der Waals surface area contributed by atoms with Crippen LogP contribution in [0.3, 0.4) is 0 Å². The molecular formula is C24H31FN2. The summed E-state index contributed by atoms with van der Waals surface area (Å²) in [5, 5.41) is 3.37. The summed E-state index contributed by atoms with van der Waals surface area (Å²) in [5.74, 6) is -0.136. The molecule has 144 valence electrons. The Morgan fingerprint density at radius 3 is 2.48 bits per heavy atom. The van der Waals surface area contributed by atoms with Crippen LogP contribution in [-0.4, -0.2) is 31.1 Å². The van der Waals surface area contributed by atoms with E-state index < -0.39 is 0 Å². The number of allylic oxidation sites excluding steroid dienone is 1. The van der Waals surface area contributed by atoms with Crippen LogP contribution >= 0.6 is 0 Å². The van der Waals surface area contributed by atoms with Crippen LogP contribution in [-0.2, 0) is 19.4 Å². The van der Waals surface area contributed by atoms with E-state index in [1.54, 1.807) is 12.1 Å². The minimum absolute atomic E-state index is 0.136. The molecular weight excluding hydrogens is 335 g/mol. The molecule has 3 rings (SSSR count). The second kappa shape index (κ2) is 9.82. The van der Waals surface area contributed by atoms with Crippen molar-refractivity contribution in [1.82, 2.24) is 10.2 Å². The maximum atomic E-state index is 13.8. The maximum Gasteiger partial charge on any atom is 0.123 e. The van der Waals surface area contributed by atoms with Crippen LogP contribution in [0.4, 0.5) is 4.39 Å². The van der Waals surface area contributed by atoms with Gasteiger partial charge in [-0.3, -0.25) is 4.90 Å². The molecule has 1 heterocycles. The zero-order valence-corrected chi connectivity index (χ0v) is 16.4. The normalized spacial score (nSPS) is 15.0. The molecule has 0 amide bonds. The number of hydrogen-bond acceptors (Lipinski definition) is 2. The van der Waals surface area contributed by atoms with Crippen molar-refractivity contribution >= 4 is 5.57 Å². The van der Waals surface area contributed by atoms with Crippen molar-refractivity contribution < 1.29 is 4.39 Å². The molecule has 2 nitrogen and oxygen atoms in total. The molecule has 27 heavy (non-hydrogen) atoms. The molecule has 2 aromatic carbocycles. The van der Waals surface area contributed by atoms with Gasteiger partial charge in [0.15, 0.2) is 0 Å². The number of rotatable bonds is 8. The summed E-state index contributed by atoms with van der Waals surface area (Å²) in [6.07, 6.45) is 4.09. The minimum atomic E-state index is -0.136. The lowest BCUT2D eigenvalue weighted by Gasteiger charge is -2.28. The zero-order valence-electron chi connectivity index (χ0n) is 16.4. The van der Waals surface area contributed by atoms with E-state index in [2.05, 4.69) is 48.0 Å². The lowest BCUT2D eigenvalue weighted by Crippen LogP contribution is -2.43. The quantitative estimate of drug-likeness (QED) is 0.720. The van der Waals surface area contributed by atoms with E-state index in [1.807, 2.05) is 6.07 Å². The number of piperazine rings is 1. The van der Waals surface area contributed by atoms with E-state index in [0.717, 1.165) is 64.0 Å². The predicted molar refractivity (Wildman–Crippen MR) is 112 cm³/mol. The fraction of sp³-hybridized carbons (Fsp3) is 0.417. The highest BCUT2D eigenvalue weighted by Crippen LogP contribution is 2.20. The molecule has 0 aromatic heterocycles. The molecule has 0 atom stereocenters. The van der Waals surface area contributed by atoms with Gasteiger partial charge in [0.1, 0.15) is 5.82 Å². The third kappa shape index (κ3) is 5.75. The van der Waals surface area contributed by atoms with Gasteiger partial charge in [-0.25, -0.2) is 4.39 Å². The van der Waals surface area contributed by atoms with E-state index in [0.29, 0.717) is 0 Å². The number of nitrogens with one attached hydrogen (secondary N) is 1. The summed E-state index contributed by atoms with van der Waals surface area (Å²) in [6, 6.07) is 14.0. The summed E-state index contributed by atoms with van der Waals surface area (Å²) in [5.41, 5.74) is 6.16. The second-order valence-electron chi connectivity index (χ2n) is 7.49. The van der Waals surface area contributed by atoms with E-state index in [1.165, 1.54) is 22.3 Å². The Labute approximate surface area is 163 Å². The van der Waals surface area contributed by atoms with Crippen molar-refractivity contribution in [2.45, 2.75) is 39.2 Å². The standard InChI is InChI=1S/C24H31FN2/c1-3-4-19(2)21-8-5-20(6-9-21)7-10-22-11-12-24(25)17-23(22)18-27-15-13-26-14-16-27/h5-6,8-9,11-12,17,26H,2-4,7,10,13-16,18H2,1H3. The Hall–Kier alpha value is -1.97. The lowest BCUT2D eigenvalue weighted by atomic mass is 9.97. The van der Waals surface area contributed by atoms with Gasteiger partial charge < -0.3 is 5.32 Å². The molecule has 0 unspecified atom stereocenters. The molecule has 1 N–H and O–H groups in total. The fourth-order valence-corrected chi connectivity index (χ4v) is 3.73. The van der Waals surface area contributed by atoms with Gasteiger partial charge >= 0.3 is 0 Å². The van der Waals surface area contributed by atoms with Crippen LogP contribution in [0, 0.1) is 5.82 Å². The number of halogens is 1. The van der Waals surface area contributed by atoms with Crippen molar-refractivity contribution in [3.05, 3.63) is 77.1 Å². The monoisotopic (exact) mass is 366 g/mol. The molecule has 3 heteroatoms. The maximum absolute atomic E-state index is 13.8. The van der Waals surface area contributed by atoms with E-state index in [4.69, 9.17) is 0 Å². The Bertz CT molecular complexity index is 745. The SMILES string of the molecule is C=C(CCC)c1ccc(CCc2ccc(F)cc2CN2CCNCC2)cc1. The van der Waals surface area contributed by atoms with Crippen LogP contribution in [0.5, 0.6) is 0 Å². The van der Waals surface area contributed by atoms with Crippen LogP contribution in [0.1, 0.15) is 42.0 Å². The number of nitrogens with zero attached hydrogens (tertiary/aromatic N) is 1. The fourth-order valence-electron chi connectivity index (χ4n) is 3.73. The highest BCUT2D eigenvalue weighted by Gasteiger charge is 2.13. The van der Waals surface area contributed by atoms with Crippen LogP contribution in [0.2, 0.25) is 0 Å². The Morgan fingerprint density at radius 1 is 1.04 bits per heavy atom. The lowest BCUT2D eigenvalue weighted by molar-refractivity contribution is 0.232. The number of aryl methyl sites for hydroxylation is 2. The molecule has 0 bridgehead atoms. The van der Waals surface area contributed by atoms with Gasteiger partial charge in [-0.1, -0.05) is 50.3 Å². The Balaban J connectivity index is 1.64. The summed E-state index contributed by atoms with van der Waals surface area (Å²) >= 11 is 0. The third-order valence-electron chi connectivity index (χ3n) is 5.37. The van der Waals surface area contributed by atoms with Crippen LogP contribution in [0.15, 0.2) is 49.0 Å². The molecule has 1 aliphatic heterocycles. The smallest absolute Gasteiger partial charge is 0.123 e. The summed E-state index contributed by atoms with van der Waals surface area (Å²) in [7, 11) is 0. The van der Waals surface area contributed by atoms with E-state index in [-0.39, 0.29) is 5.82 Å². The topological polar surface area (TPSA) is 15.3 Å². The first kappa shape index (κ1) is 19.8. The van der Waals surface area contributed by atoms with Gasteiger partial charge in [-0.2, -0.15) is 0 Å². The van der Waals surface area contributed by atoms with E-state index in [9.17, 15) is 4.39 Å². The summed E-state index contributed by atoms with van der Waals surface area (Å²) < 4.78 is 13.8. The number of benzene rings is 2. The first-order valence-electron chi connectivity index (χ1n) is 10.1. The molecule has 1 aliphatic rings. The van der Waals surface area contributed by atoms with Gasteiger partial charge in [0.25, 0.3) is 0 Å². The predicted octanol–water partition coefficient (Wildman–Crippen LogP) is 4.83. The number of hydrogen-bond donors (Lipinski definition) is 1. The molecule has 0 spiro atoms. The van der Waals surface area contributed by atoms with Crippen LogP contribution in [0.25, 0.3) is 5.57 Å². The van der Waals surface area contributed by atoms with Crippen molar-refractivity contribution in [2.75, 3.05) is 26.2 Å². The molecule has 1 fully saturated rings. The van der Waals surface area contributed by atoms with Crippen LogP contribution < -0.4 is 5.32 Å². The van der Waals surface area contributed by atoms with E-state index >= 15 is 0 Å². The van der Waals surface area contributed by atoms with Crippen molar-refractivity contribution in [1.29, 1.82) is 0 Å². The van der Waals surface area contributed by atoms with Crippen molar-refractivity contribution in [3.63, 3.8) is 0 Å². The first-order valence-corrected chi connectivity index (χ1v) is 10.1. The molecule has 0 radical (unpaired) electrons. The molecule has 1 saturated heterocycles. The average molecular weight is 367 g/mol. The summed E-state index contributed by atoms with van der Waals surface area (Å²) in [4.78, 5) is 2.41. The average Bonchev–Trinajstić information content (AvgIpc) is 2.69. The zero-order chi connectivity index (χ0) is 19.1. The first-order chi connectivity index (χ1) is 13.2. The molecule has 0 aliphatic carbocycles. The third-order valence-corrected chi connectivity index (χ3v) is 5.37. The molecule has 0 saturated carbocycles. The minimum Gasteiger partial charge on any atom is -0.314 e.